The van der Waals surface area contributed by atoms with Crippen LogP contribution in [0.25, 0.3) is 11.1 Å². The van der Waals surface area contributed by atoms with E-state index in [2.05, 4.69) is 0 Å². The number of carbonyl (C=O) groups excluding carboxylic acids is 1. The molecule has 3 heteroatoms. The van der Waals surface area contributed by atoms with Crippen LogP contribution in [0.3, 0.4) is 0 Å². The molecule has 0 saturated carbocycles. The molecule has 0 spiro atoms. The van der Waals surface area contributed by atoms with Gasteiger partial charge in [0.1, 0.15) is 11.6 Å². The number of Topliss-reactive ketones (excluding diaryl/α,β-unsaturated/α-hetero) is 1. The summed E-state index contributed by atoms with van der Waals surface area (Å²) in [5, 5.41) is 0. The van der Waals surface area contributed by atoms with Crippen LogP contribution in [0.2, 0.25) is 0 Å². The van der Waals surface area contributed by atoms with E-state index in [-0.39, 0.29) is 11.6 Å². The minimum absolute atomic E-state index is 0.0478. The van der Waals surface area contributed by atoms with Gasteiger partial charge in [-0.25, -0.2) is 4.39 Å². The second kappa shape index (κ2) is 5.00. The van der Waals surface area contributed by atoms with Crippen molar-refractivity contribution in [2.24, 2.45) is 0 Å². The lowest BCUT2D eigenvalue weighted by Gasteiger charge is -2.10. The summed E-state index contributed by atoms with van der Waals surface area (Å²) in [5.74, 6) is 0.132. The van der Waals surface area contributed by atoms with Crippen LogP contribution >= 0.6 is 0 Å². The van der Waals surface area contributed by atoms with Gasteiger partial charge in [-0.2, -0.15) is 0 Å². The summed E-state index contributed by atoms with van der Waals surface area (Å²) in [5.41, 5.74) is 1.65. The van der Waals surface area contributed by atoms with Gasteiger partial charge in [0.15, 0.2) is 5.78 Å². The molecule has 0 unspecified atom stereocenters. The monoisotopic (exact) mass is 244 g/mol. The Bertz CT molecular complexity index is 591. The average molecular weight is 244 g/mol. The minimum Gasteiger partial charge on any atom is -0.496 e. The highest BCUT2D eigenvalue weighted by molar-refractivity contribution is 5.95. The van der Waals surface area contributed by atoms with E-state index in [0.717, 1.165) is 0 Å². The van der Waals surface area contributed by atoms with Crippen LogP contribution in [0, 0.1) is 5.82 Å². The fourth-order valence-corrected chi connectivity index (χ4v) is 1.81. The van der Waals surface area contributed by atoms with Crippen molar-refractivity contribution in [1.29, 1.82) is 0 Å². The Morgan fingerprint density at radius 2 is 1.83 bits per heavy atom. The molecular weight excluding hydrogens is 231 g/mol. The van der Waals surface area contributed by atoms with Crippen molar-refractivity contribution < 1.29 is 13.9 Å². The van der Waals surface area contributed by atoms with Crippen LogP contribution in [0.15, 0.2) is 42.5 Å². The van der Waals surface area contributed by atoms with Crippen LogP contribution in [0.1, 0.15) is 17.3 Å². The largest absolute Gasteiger partial charge is 0.496 e. The fourth-order valence-electron chi connectivity index (χ4n) is 1.81. The topological polar surface area (TPSA) is 26.3 Å². The Kier molecular flexibility index (Phi) is 3.42. The van der Waals surface area contributed by atoms with Crippen molar-refractivity contribution in [3.63, 3.8) is 0 Å². The molecule has 0 aliphatic rings. The smallest absolute Gasteiger partial charge is 0.159 e. The van der Waals surface area contributed by atoms with Gasteiger partial charge in [0.2, 0.25) is 0 Å². The number of ether oxygens (including phenoxy) is 1. The number of ketones is 1. The van der Waals surface area contributed by atoms with E-state index < -0.39 is 0 Å². The molecule has 0 atom stereocenters. The average Bonchev–Trinajstić information content (AvgIpc) is 2.38. The molecule has 0 amide bonds. The number of carbonyl (C=O) groups is 1. The number of hydrogen-bond acceptors (Lipinski definition) is 2. The maximum Gasteiger partial charge on any atom is 0.159 e. The molecule has 0 heterocycles. The molecule has 92 valence electrons. The van der Waals surface area contributed by atoms with E-state index in [4.69, 9.17) is 4.74 Å². The molecule has 0 aromatic heterocycles. The van der Waals surface area contributed by atoms with Crippen LogP contribution < -0.4 is 4.74 Å². The van der Waals surface area contributed by atoms with Gasteiger partial charge < -0.3 is 4.74 Å². The first-order valence-corrected chi connectivity index (χ1v) is 5.57. The summed E-state index contributed by atoms with van der Waals surface area (Å²) in [4.78, 5) is 11.3. The normalized spacial score (nSPS) is 10.2. The Morgan fingerprint density at radius 3 is 2.44 bits per heavy atom. The summed E-state index contributed by atoms with van der Waals surface area (Å²) in [6.07, 6.45) is 0. The van der Waals surface area contributed by atoms with Crippen molar-refractivity contribution in [1.82, 2.24) is 0 Å². The summed E-state index contributed by atoms with van der Waals surface area (Å²) in [6, 6.07) is 11.5. The molecule has 2 rings (SSSR count). The van der Waals surface area contributed by atoms with Crippen molar-refractivity contribution in [3.8, 4) is 16.9 Å². The first kappa shape index (κ1) is 12.3. The number of hydrogen-bond donors (Lipinski definition) is 0. The quantitative estimate of drug-likeness (QED) is 0.769. The Balaban J connectivity index is 2.58. The van der Waals surface area contributed by atoms with E-state index in [9.17, 15) is 9.18 Å². The van der Waals surface area contributed by atoms with Crippen molar-refractivity contribution in [3.05, 3.63) is 53.8 Å². The third kappa shape index (κ3) is 2.25. The maximum absolute atomic E-state index is 13.7. The van der Waals surface area contributed by atoms with Crippen LogP contribution in [0.5, 0.6) is 5.75 Å². The summed E-state index contributed by atoms with van der Waals surface area (Å²) >= 11 is 0. The molecule has 0 fully saturated rings. The molecule has 0 aliphatic carbocycles. The van der Waals surface area contributed by atoms with Crippen molar-refractivity contribution >= 4 is 5.78 Å². The molecular formula is C15H13FO2. The first-order chi connectivity index (χ1) is 8.63. The van der Waals surface area contributed by atoms with Gasteiger partial charge in [0.25, 0.3) is 0 Å². The molecule has 2 nitrogen and oxygen atoms in total. The van der Waals surface area contributed by atoms with Gasteiger partial charge in [-0.1, -0.05) is 24.3 Å². The molecule has 0 N–H and O–H groups in total. The number of rotatable bonds is 3. The molecule has 2 aromatic carbocycles. The Labute approximate surface area is 105 Å². The molecule has 2 aromatic rings. The molecule has 0 bridgehead atoms. The Hall–Kier alpha value is -2.16. The predicted octanol–water partition coefficient (Wildman–Crippen LogP) is 3.70. The van der Waals surface area contributed by atoms with Gasteiger partial charge in [0, 0.05) is 16.7 Å². The lowest BCUT2D eigenvalue weighted by Crippen LogP contribution is -1.96. The van der Waals surface area contributed by atoms with E-state index >= 15 is 0 Å². The molecule has 18 heavy (non-hydrogen) atoms. The zero-order valence-corrected chi connectivity index (χ0v) is 10.2. The van der Waals surface area contributed by atoms with E-state index in [1.54, 1.807) is 36.4 Å². The van der Waals surface area contributed by atoms with Crippen molar-refractivity contribution in [2.75, 3.05) is 7.11 Å². The number of methoxy groups -OCH3 is 1. The zero-order valence-electron chi connectivity index (χ0n) is 10.2. The van der Waals surface area contributed by atoms with Crippen molar-refractivity contribution in [2.45, 2.75) is 6.92 Å². The molecule has 0 saturated heterocycles. The first-order valence-electron chi connectivity index (χ1n) is 5.57. The number of halogens is 1. The van der Waals surface area contributed by atoms with Crippen LogP contribution in [-0.4, -0.2) is 12.9 Å². The predicted molar refractivity (Wildman–Crippen MR) is 68.4 cm³/mol. The minimum atomic E-state index is -0.314. The highest BCUT2D eigenvalue weighted by atomic mass is 19.1. The second-order valence-corrected chi connectivity index (χ2v) is 3.95. The molecule has 0 aliphatic heterocycles. The summed E-state index contributed by atoms with van der Waals surface area (Å²) in [6.45, 7) is 1.48. The standard InChI is InChI=1S/C15H13FO2/c1-10(17)11-7-8-13(15(9-11)18-2)12-5-3-4-6-14(12)16/h3-9H,1-2H3. The van der Waals surface area contributed by atoms with Gasteiger partial charge in [-0.15, -0.1) is 0 Å². The van der Waals surface area contributed by atoms with Crippen LogP contribution in [0.4, 0.5) is 4.39 Å². The van der Waals surface area contributed by atoms with Gasteiger partial charge >= 0.3 is 0 Å². The fraction of sp³-hybridized carbons (Fsp3) is 0.133. The lowest BCUT2D eigenvalue weighted by molar-refractivity contribution is 0.101. The second-order valence-electron chi connectivity index (χ2n) is 3.95. The third-order valence-electron chi connectivity index (χ3n) is 2.77. The highest BCUT2D eigenvalue weighted by Gasteiger charge is 2.11. The summed E-state index contributed by atoms with van der Waals surface area (Å²) < 4.78 is 19.0. The molecule has 0 radical (unpaired) electrons. The van der Waals surface area contributed by atoms with Gasteiger partial charge in [-0.05, 0) is 25.1 Å². The lowest BCUT2D eigenvalue weighted by atomic mass is 10.0. The maximum atomic E-state index is 13.7. The third-order valence-corrected chi connectivity index (χ3v) is 2.77. The Morgan fingerprint density at radius 1 is 1.11 bits per heavy atom. The van der Waals surface area contributed by atoms with E-state index in [0.29, 0.717) is 22.4 Å². The van der Waals surface area contributed by atoms with Crippen LogP contribution in [-0.2, 0) is 0 Å². The van der Waals surface area contributed by atoms with E-state index in [1.165, 1.54) is 20.1 Å². The number of benzene rings is 2. The highest BCUT2D eigenvalue weighted by Crippen LogP contribution is 2.32. The SMILES string of the molecule is COc1cc(C(C)=O)ccc1-c1ccccc1F. The van der Waals surface area contributed by atoms with E-state index in [1.807, 2.05) is 0 Å². The van der Waals surface area contributed by atoms with Gasteiger partial charge in [0.05, 0.1) is 7.11 Å². The summed E-state index contributed by atoms with van der Waals surface area (Å²) in [7, 11) is 1.50. The zero-order chi connectivity index (χ0) is 13.1. The van der Waals surface area contributed by atoms with Gasteiger partial charge in [-0.3, -0.25) is 4.79 Å².